The molecule has 3 rings (SSSR count). The second-order valence-electron chi connectivity index (χ2n) is 5.21. The molecule has 1 aliphatic rings. The summed E-state index contributed by atoms with van der Waals surface area (Å²) in [5, 5.41) is 5.49. The lowest BCUT2D eigenvalue weighted by Crippen LogP contribution is -2.15. The lowest BCUT2D eigenvalue weighted by atomic mass is 10.1. The molecule has 0 saturated carbocycles. The molecule has 0 radical (unpaired) electrons. The maximum atomic E-state index is 12.8. The Hall–Kier alpha value is -2.89. The van der Waals surface area contributed by atoms with Gasteiger partial charge in [-0.05, 0) is 35.9 Å². The molecule has 0 fully saturated rings. The Morgan fingerprint density at radius 1 is 1.22 bits per heavy atom. The van der Waals surface area contributed by atoms with Crippen LogP contribution in [-0.4, -0.2) is 18.4 Å². The lowest BCUT2D eigenvalue weighted by molar-refractivity contribution is -0.116. The number of carbonyl (C=O) groups is 2. The van der Waals surface area contributed by atoms with Crippen LogP contribution in [0, 0.1) is 5.82 Å². The van der Waals surface area contributed by atoms with Crippen molar-refractivity contribution in [3.8, 4) is 5.75 Å². The Morgan fingerprint density at radius 3 is 2.78 bits per heavy atom. The minimum absolute atomic E-state index is 0.126. The number of amides is 2. The Balaban J connectivity index is 1.69. The maximum Gasteiger partial charge on any atom is 0.228 e. The van der Waals surface area contributed by atoms with Crippen molar-refractivity contribution in [2.45, 2.75) is 12.8 Å². The van der Waals surface area contributed by atoms with Crippen molar-refractivity contribution in [1.82, 2.24) is 0 Å². The van der Waals surface area contributed by atoms with Gasteiger partial charge in [0.25, 0.3) is 0 Å². The molecule has 1 heterocycles. The summed E-state index contributed by atoms with van der Waals surface area (Å²) in [5.74, 6) is -0.112. The molecule has 6 heteroatoms. The van der Waals surface area contributed by atoms with Gasteiger partial charge < -0.3 is 15.4 Å². The summed E-state index contributed by atoms with van der Waals surface area (Å²) in [6.07, 6.45) is 0.432. The summed E-state index contributed by atoms with van der Waals surface area (Å²) < 4.78 is 18.3. The monoisotopic (exact) mass is 314 g/mol. The summed E-state index contributed by atoms with van der Waals surface area (Å²) in [4.78, 5) is 23.6. The number of hydrogen-bond acceptors (Lipinski definition) is 3. The van der Waals surface area contributed by atoms with E-state index in [2.05, 4.69) is 10.6 Å². The minimum Gasteiger partial charge on any atom is -0.491 e. The number of fused-ring (bicyclic) bond motifs is 1. The van der Waals surface area contributed by atoms with Crippen LogP contribution in [0.5, 0.6) is 5.75 Å². The minimum atomic E-state index is -0.337. The third-order valence-electron chi connectivity index (χ3n) is 3.40. The first-order chi connectivity index (χ1) is 11.1. The fourth-order valence-corrected chi connectivity index (χ4v) is 2.29. The number of anilines is 2. The molecular weight excluding hydrogens is 299 g/mol. The summed E-state index contributed by atoms with van der Waals surface area (Å²) in [7, 11) is 0. The number of hydrogen-bond donors (Lipinski definition) is 2. The fraction of sp³-hybridized carbons (Fsp3) is 0.176. The smallest absolute Gasteiger partial charge is 0.228 e. The van der Waals surface area contributed by atoms with Crippen LogP contribution >= 0.6 is 0 Å². The predicted octanol–water partition coefficient (Wildman–Crippen LogP) is 2.73. The average Bonchev–Trinajstić information content (AvgIpc) is 2.69. The Morgan fingerprint density at radius 2 is 2.00 bits per heavy atom. The van der Waals surface area contributed by atoms with Crippen LogP contribution in [0.25, 0.3) is 0 Å². The Bertz CT molecular complexity index is 744. The van der Waals surface area contributed by atoms with Gasteiger partial charge in [-0.2, -0.15) is 0 Å². The van der Waals surface area contributed by atoms with Crippen molar-refractivity contribution < 1.29 is 18.7 Å². The van der Waals surface area contributed by atoms with Gasteiger partial charge in [-0.1, -0.05) is 12.1 Å². The van der Waals surface area contributed by atoms with Crippen LogP contribution in [0.15, 0.2) is 42.5 Å². The maximum absolute atomic E-state index is 12.8. The zero-order valence-electron chi connectivity index (χ0n) is 12.3. The van der Waals surface area contributed by atoms with E-state index in [1.54, 1.807) is 30.3 Å². The van der Waals surface area contributed by atoms with Crippen LogP contribution in [0.2, 0.25) is 0 Å². The highest BCUT2D eigenvalue weighted by Crippen LogP contribution is 2.30. The van der Waals surface area contributed by atoms with E-state index in [0.29, 0.717) is 30.2 Å². The molecule has 2 amide bonds. The normalized spacial score (nSPS) is 13.3. The van der Waals surface area contributed by atoms with Crippen LogP contribution in [0.1, 0.15) is 12.0 Å². The van der Waals surface area contributed by atoms with E-state index in [1.165, 1.54) is 12.1 Å². The van der Waals surface area contributed by atoms with Crippen molar-refractivity contribution >= 4 is 23.2 Å². The lowest BCUT2D eigenvalue weighted by Gasteiger charge is -2.10. The highest BCUT2D eigenvalue weighted by atomic mass is 19.1. The summed E-state index contributed by atoms with van der Waals surface area (Å²) in [6.45, 7) is 0.328. The van der Waals surface area contributed by atoms with Crippen molar-refractivity contribution in [3.05, 3.63) is 53.8 Å². The van der Waals surface area contributed by atoms with Gasteiger partial charge in [-0.3, -0.25) is 9.59 Å². The number of rotatable bonds is 3. The zero-order valence-corrected chi connectivity index (χ0v) is 12.3. The SMILES string of the molecule is O=C(Cc1ccc(F)cc1)Nc1ccc2c(c1)NC(=O)CCO2. The van der Waals surface area contributed by atoms with E-state index in [0.717, 1.165) is 5.56 Å². The molecule has 23 heavy (non-hydrogen) atoms. The molecule has 2 N–H and O–H groups in total. The van der Waals surface area contributed by atoms with Crippen LogP contribution in [-0.2, 0) is 16.0 Å². The Labute approximate surface area is 132 Å². The molecule has 118 valence electrons. The quantitative estimate of drug-likeness (QED) is 0.915. The van der Waals surface area contributed by atoms with Crippen LogP contribution in [0.4, 0.5) is 15.8 Å². The number of nitrogens with one attached hydrogen (secondary N) is 2. The van der Waals surface area contributed by atoms with E-state index in [4.69, 9.17) is 4.74 Å². The van der Waals surface area contributed by atoms with Gasteiger partial charge in [0.05, 0.1) is 25.1 Å². The first-order valence-electron chi connectivity index (χ1n) is 7.21. The van der Waals surface area contributed by atoms with Gasteiger partial charge in [0.2, 0.25) is 11.8 Å². The molecule has 0 bridgehead atoms. The number of benzene rings is 2. The third-order valence-corrected chi connectivity index (χ3v) is 3.40. The van der Waals surface area contributed by atoms with Gasteiger partial charge >= 0.3 is 0 Å². The number of ether oxygens (including phenoxy) is 1. The standard InChI is InChI=1S/C17H15FN2O3/c18-12-3-1-11(2-4-12)9-17(22)19-13-5-6-15-14(10-13)20-16(21)7-8-23-15/h1-6,10H,7-9H2,(H,19,22)(H,20,21). The Kier molecular flexibility index (Phi) is 4.23. The molecule has 1 aliphatic heterocycles. The molecular formula is C17H15FN2O3. The molecule has 2 aromatic rings. The van der Waals surface area contributed by atoms with E-state index in [-0.39, 0.29) is 24.1 Å². The van der Waals surface area contributed by atoms with E-state index < -0.39 is 0 Å². The van der Waals surface area contributed by atoms with E-state index >= 15 is 0 Å². The highest BCUT2D eigenvalue weighted by Gasteiger charge is 2.14. The molecule has 0 unspecified atom stereocenters. The summed E-state index contributed by atoms with van der Waals surface area (Å²) in [5.41, 5.74) is 1.81. The van der Waals surface area contributed by atoms with Gasteiger partial charge in [0, 0.05) is 5.69 Å². The van der Waals surface area contributed by atoms with Crippen LogP contribution in [0.3, 0.4) is 0 Å². The number of halogens is 1. The number of carbonyl (C=O) groups excluding carboxylic acids is 2. The topological polar surface area (TPSA) is 67.4 Å². The first-order valence-corrected chi connectivity index (χ1v) is 7.21. The molecule has 2 aromatic carbocycles. The van der Waals surface area contributed by atoms with E-state index in [9.17, 15) is 14.0 Å². The van der Waals surface area contributed by atoms with Gasteiger partial charge in [0.15, 0.2) is 0 Å². The molecule has 0 spiro atoms. The molecule has 5 nitrogen and oxygen atoms in total. The summed E-state index contributed by atoms with van der Waals surface area (Å²) in [6, 6.07) is 10.8. The van der Waals surface area contributed by atoms with Gasteiger partial charge in [-0.25, -0.2) is 4.39 Å². The molecule has 0 aromatic heterocycles. The first kappa shape index (κ1) is 15.0. The predicted molar refractivity (Wildman–Crippen MR) is 83.9 cm³/mol. The zero-order chi connectivity index (χ0) is 16.2. The van der Waals surface area contributed by atoms with Gasteiger partial charge in [0.1, 0.15) is 11.6 Å². The molecule has 0 atom stereocenters. The van der Waals surface area contributed by atoms with Crippen molar-refractivity contribution in [3.63, 3.8) is 0 Å². The fourth-order valence-electron chi connectivity index (χ4n) is 2.29. The van der Waals surface area contributed by atoms with Crippen molar-refractivity contribution in [1.29, 1.82) is 0 Å². The van der Waals surface area contributed by atoms with Crippen LogP contribution < -0.4 is 15.4 Å². The molecule has 0 saturated heterocycles. The second kappa shape index (κ2) is 6.48. The second-order valence-corrected chi connectivity index (χ2v) is 5.21. The van der Waals surface area contributed by atoms with E-state index in [1.807, 2.05) is 0 Å². The van der Waals surface area contributed by atoms with Crippen molar-refractivity contribution in [2.75, 3.05) is 17.2 Å². The van der Waals surface area contributed by atoms with Gasteiger partial charge in [-0.15, -0.1) is 0 Å². The average molecular weight is 314 g/mol. The van der Waals surface area contributed by atoms with Crippen molar-refractivity contribution in [2.24, 2.45) is 0 Å². The highest BCUT2D eigenvalue weighted by molar-refractivity contribution is 5.96. The third kappa shape index (κ3) is 3.85. The molecule has 0 aliphatic carbocycles. The largest absolute Gasteiger partial charge is 0.491 e. The summed E-state index contributed by atoms with van der Waals surface area (Å²) >= 11 is 0.